The molecule has 1 amide bonds. The van der Waals surface area contributed by atoms with Gasteiger partial charge in [-0.25, -0.2) is 0 Å². The molecule has 1 aliphatic carbocycles. The van der Waals surface area contributed by atoms with Crippen molar-refractivity contribution in [2.24, 2.45) is 0 Å². The number of hydrogen-bond donors (Lipinski definition) is 1. The Bertz CT molecular complexity index is 742. The number of methoxy groups -OCH3 is 1. The van der Waals surface area contributed by atoms with Gasteiger partial charge in [0.05, 0.1) is 17.0 Å². The summed E-state index contributed by atoms with van der Waals surface area (Å²) < 4.78 is 10.5. The van der Waals surface area contributed by atoms with Crippen LogP contribution in [0.1, 0.15) is 31.2 Å². The number of nitrogens with one attached hydrogen (secondary N) is 1. The van der Waals surface area contributed by atoms with Crippen molar-refractivity contribution in [3.8, 4) is 5.75 Å². The molecule has 0 unspecified atom stereocenters. The molecule has 0 spiro atoms. The van der Waals surface area contributed by atoms with Crippen LogP contribution < -0.4 is 10.1 Å². The van der Waals surface area contributed by atoms with E-state index in [2.05, 4.69) is 5.32 Å². The summed E-state index contributed by atoms with van der Waals surface area (Å²) in [4.78, 5) is 13.1. The maximum atomic E-state index is 13.1. The van der Waals surface area contributed by atoms with Crippen LogP contribution in [0.2, 0.25) is 5.02 Å². The van der Waals surface area contributed by atoms with Crippen LogP contribution >= 0.6 is 11.6 Å². The van der Waals surface area contributed by atoms with Crippen LogP contribution in [0, 0.1) is 0 Å². The van der Waals surface area contributed by atoms with Gasteiger partial charge in [0.1, 0.15) is 12.4 Å². The van der Waals surface area contributed by atoms with Crippen LogP contribution in [0.5, 0.6) is 5.75 Å². The largest absolute Gasteiger partial charge is 0.490 e. The van der Waals surface area contributed by atoms with Gasteiger partial charge in [-0.15, -0.1) is 0 Å². The van der Waals surface area contributed by atoms with Gasteiger partial charge in [0.15, 0.2) is 0 Å². The van der Waals surface area contributed by atoms with Crippen molar-refractivity contribution in [3.05, 3.63) is 59.1 Å². The highest BCUT2D eigenvalue weighted by molar-refractivity contribution is 6.32. The molecule has 5 heteroatoms. The second kappa shape index (κ2) is 8.56. The smallest absolute Gasteiger partial charge is 0.235 e. The average molecular weight is 374 g/mol. The van der Waals surface area contributed by atoms with Crippen molar-refractivity contribution in [3.63, 3.8) is 0 Å². The van der Waals surface area contributed by atoms with Gasteiger partial charge in [-0.3, -0.25) is 4.79 Å². The number of hydrogen-bond acceptors (Lipinski definition) is 3. The third kappa shape index (κ3) is 4.02. The Hall–Kier alpha value is -2.04. The molecule has 2 aromatic rings. The van der Waals surface area contributed by atoms with Gasteiger partial charge in [-0.1, -0.05) is 54.8 Å². The van der Waals surface area contributed by atoms with Gasteiger partial charge in [-0.05, 0) is 36.6 Å². The molecule has 0 aliphatic heterocycles. The van der Waals surface area contributed by atoms with E-state index in [4.69, 9.17) is 21.1 Å². The molecule has 138 valence electrons. The molecule has 4 nitrogen and oxygen atoms in total. The van der Waals surface area contributed by atoms with E-state index in [1.54, 1.807) is 19.2 Å². The fraction of sp³-hybridized carbons (Fsp3) is 0.381. The number of anilines is 1. The zero-order valence-corrected chi connectivity index (χ0v) is 15.7. The maximum Gasteiger partial charge on any atom is 0.235 e. The van der Waals surface area contributed by atoms with Crippen LogP contribution in [0.25, 0.3) is 0 Å². The van der Waals surface area contributed by atoms with Crippen LogP contribution in [0.4, 0.5) is 5.69 Å². The highest BCUT2D eigenvalue weighted by Gasteiger charge is 2.42. The van der Waals surface area contributed by atoms with E-state index in [1.165, 1.54) is 0 Å². The van der Waals surface area contributed by atoms with Gasteiger partial charge in [0, 0.05) is 12.8 Å². The first kappa shape index (κ1) is 18.7. The number of halogens is 1. The summed E-state index contributed by atoms with van der Waals surface area (Å²) in [7, 11) is 1.62. The van der Waals surface area contributed by atoms with Crippen molar-refractivity contribution >= 4 is 23.2 Å². The number of rotatable bonds is 7. The number of carbonyl (C=O) groups excluding carboxylic acids is 1. The molecular weight excluding hydrogens is 350 g/mol. The van der Waals surface area contributed by atoms with E-state index in [1.807, 2.05) is 36.4 Å². The Labute approximate surface area is 159 Å². The lowest BCUT2D eigenvalue weighted by Gasteiger charge is -2.28. The zero-order valence-electron chi connectivity index (χ0n) is 15.0. The number of ether oxygens (including phenoxy) is 2. The molecule has 0 saturated heterocycles. The van der Waals surface area contributed by atoms with E-state index in [-0.39, 0.29) is 5.91 Å². The molecule has 1 fully saturated rings. The van der Waals surface area contributed by atoms with E-state index in [0.717, 1.165) is 31.2 Å². The fourth-order valence-corrected chi connectivity index (χ4v) is 3.80. The van der Waals surface area contributed by atoms with Gasteiger partial charge >= 0.3 is 0 Å². The molecule has 1 N–H and O–H groups in total. The third-order valence-electron chi connectivity index (χ3n) is 4.95. The van der Waals surface area contributed by atoms with Gasteiger partial charge in [0.2, 0.25) is 5.91 Å². The fourth-order valence-electron chi connectivity index (χ4n) is 3.56. The molecule has 0 heterocycles. The molecule has 1 aliphatic rings. The lowest BCUT2D eigenvalue weighted by Crippen LogP contribution is -2.37. The van der Waals surface area contributed by atoms with E-state index in [9.17, 15) is 4.79 Å². The summed E-state index contributed by atoms with van der Waals surface area (Å²) in [6.07, 6.45) is 3.87. The molecule has 26 heavy (non-hydrogen) atoms. The topological polar surface area (TPSA) is 47.6 Å². The van der Waals surface area contributed by atoms with Crippen molar-refractivity contribution in [1.29, 1.82) is 0 Å². The van der Waals surface area contributed by atoms with Crippen molar-refractivity contribution in [2.75, 3.05) is 25.6 Å². The SMILES string of the molecule is COCCOc1ccc(NC(=O)C2(c3ccccc3)CCCC2)cc1Cl. The monoisotopic (exact) mass is 373 g/mol. The first-order valence-corrected chi connectivity index (χ1v) is 9.32. The zero-order chi connectivity index (χ0) is 18.4. The van der Waals surface area contributed by atoms with Crippen LogP contribution in [0.15, 0.2) is 48.5 Å². The van der Waals surface area contributed by atoms with E-state index >= 15 is 0 Å². The van der Waals surface area contributed by atoms with Gasteiger partial charge < -0.3 is 14.8 Å². The molecule has 2 aromatic carbocycles. The molecule has 0 radical (unpaired) electrons. The van der Waals surface area contributed by atoms with Gasteiger partial charge in [0.25, 0.3) is 0 Å². The average Bonchev–Trinajstić information content (AvgIpc) is 3.16. The normalized spacial score (nSPS) is 15.6. The number of benzene rings is 2. The second-order valence-corrected chi connectivity index (χ2v) is 7.00. The summed E-state index contributed by atoms with van der Waals surface area (Å²) in [5, 5.41) is 3.53. The quantitative estimate of drug-likeness (QED) is 0.708. The molecule has 1 saturated carbocycles. The molecule has 3 rings (SSSR count). The first-order chi connectivity index (χ1) is 12.7. The van der Waals surface area contributed by atoms with Gasteiger partial charge in [-0.2, -0.15) is 0 Å². The Morgan fingerprint density at radius 1 is 1.12 bits per heavy atom. The third-order valence-corrected chi connectivity index (χ3v) is 5.25. The Morgan fingerprint density at radius 2 is 1.85 bits per heavy atom. The number of carbonyl (C=O) groups is 1. The summed E-state index contributed by atoms with van der Waals surface area (Å²) in [5.74, 6) is 0.616. The Kier molecular flexibility index (Phi) is 6.17. The highest BCUT2D eigenvalue weighted by atomic mass is 35.5. The standard InChI is InChI=1S/C21H24ClNO3/c1-25-13-14-26-19-10-9-17(15-18(19)22)23-20(24)21(11-5-6-12-21)16-7-3-2-4-8-16/h2-4,7-10,15H,5-6,11-14H2,1H3,(H,23,24). The van der Waals surface area contributed by atoms with Crippen molar-refractivity contribution < 1.29 is 14.3 Å². The van der Waals surface area contributed by atoms with E-state index < -0.39 is 5.41 Å². The first-order valence-electron chi connectivity index (χ1n) is 8.94. The molecular formula is C21H24ClNO3. The van der Waals surface area contributed by atoms with Crippen molar-refractivity contribution in [1.82, 2.24) is 0 Å². The minimum Gasteiger partial charge on any atom is -0.490 e. The van der Waals surface area contributed by atoms with Crippen LogP contribution in [-0.4, -0.2) is 26.2 Å². The van der Waals surface area contributed by atoms with E-state index in [0.29, 0.717) is 29.7 Å². The summed E-state index contributed by atoms with van der Waals surface area (Å²) in [6.45, 7) is 0.924. The summed E-state index contributed by atoms with van der Waals surface area (Å²) in [6, 6.07) is 15.4. The molecule has 0 aromatic heterocycles. The predicted octanol–water partition coefficient (Wildman–Crippen LogP) is 4.82. The van der Waals surface area contributed by atoms with Crippen LogP contribution in [-0.2, 0) is 14.9 Å². The number of amides is 1. The summed E-state index contributed by atoms with van der Waals surface area (Å²) in [5.41, 5.74) is 1.31. The van der Waals surface area contributed by atoms with Crippen LogP contribution in [0.3, 0.4) is 0 Å². The minimum absolute atomic E-state index is 0.0327. The predicted molar refractivity (Wildman–Crippen MR) is 104 cm³/mol. The molecule has 0 atom stereocenters. The Balaban J connectivity index is 1.75. The second-order valence-electron chi connectivity index (χ2n) is 6.60. The summed E-state index contributed by atoms with van der Waals surface area (Å²) >= 11 is 6.29. The Morgan fingerprint density at radius 3 is 2.50 bits per heavy atom. The van der Waals surface area contributed by atoms with Crippen molar-refractivity contribution in [2.45, 2.75) is 31.1 Å². The maximum absolute atomic E-state index is 13.1. The minimum atomic E-state index is -0.457. The lowest BCUT2D eigenvalue weighted by molar-refractivity contribution is -0.121. The lowest BCUT2D eigenvalue weighted by atomic mass is 9.78. The molecule has 0 bridgehead atoms. The highest BCUT2D eigenvalue weighted by Crippen LogP contribution is 2.42.